The van der Waals surface area contributed by atoms with Crippen LogP contribution in [0.4, 0.5) is 0 Å². The fourth-order valence-corrected chi connectivity index (χ4v) is 6.10. The number of amides is 2. The van der Waals surface area contributed by atoms with E-state index in [0.717, 1.165) is 82.5 Å². The first-order valence-corrected chi connectivity index (χ1v) is 14.5. The van der Waals surface area contributed by atoms with Gasteiger partial charge in [0.05, 0.1) is 13.1 Å². The Morgan fingerprint density at radius 1 is 0.947 bits per heavy atom. The van der Waals surface area contributed by atoms with Gasteiger partial charge in [0.15, 0.2) is 5.76 Å². The van der Waals surface area contributed by atoms with Gasteiger partial charge in [0.2, 0.25) is 5.91 Å². The van der Waals surface area contributed by atoms with Crippen molar-refractivity contribution >= 4 is 11.8 Å². The number of likely N-dealkylation sites (tertiary alicyclic amines) is 1. The first-order chi connectivity index (χ1) is 18.6. The summed E-state index contributed by atoms with van der Waals surface area (Å²) in [6.45, 7) is 5.61. The number of aromatic nitrogens is 1. The molecule has 0 atom stereocenters. The number of piperidine rings is 1. The van der Waals surface area contributed by atoms with Crippen LogP contribution in [0.2, 0.25) is 0 Å². The molecule has 38 heavy (non-hydrogen) atoms. The molecule has 5 rings (SSSR count). The lowest BCUT2D eigenvalue weighted by molar-refractivity contribution is -0.136. The van der Waals surface area contributed by atoms with Crippen molar-refractivity contribution in [2.45, 2.75) is 71.4 Å². The van der Waals surface area contributed by atoms with Crippen LogP contribution < -0.4 is 0 Å². The SMILES string of the molecule is CCCN(Cc1cccn1Cc1ccc(C(=O)N2CCC(Cc3ccccc3)CC2)o1)C(=O)C1CCCC1. The van der Waals surface area contributed by atoms with E-state index in [1.54, 1.807) is 0 Å². The molecule has 3 heterocycles. The molecule has 202 valence electrons. The maximum atomic E-state index is 13.1. The summed E-state index contributed by atoms with van der Waals surface area (Å²) in [6, 6.07) is 18.4. The van der Waals surface area contributed by atoms with E-state index >= 15 is 0 Å². The first-order valence-electron chi connectivity index (χ1n) is 14.5. The zero-order valence-corrected chi connectivity index (χ0v) is 22.7. The lowest BCUT2D eigenvalue weighted by atomic mass is 9.90. The summed E-state index contributed by atoms with van der Waals surface area (Å²) >= 11 is 0. The zero-order valence-electron chi connectivity index (χ0n) is 22.7. The first kappa shape index (κ1) is 26.3. The van der Waals surface area contributed by atoms with E-state index in [-0.39, 0.29) is 11.8 Å². The van der Waals surface area contributed by atoms with E-state index in [1.165, 1.54) is 5.56 Å². The second-order valence-electron chi connectivity index (χ2n) is 11.1. The normalized spacial score (nSPS) is 16.7. The van der Waals surface area contributed by atoms with Gasteiger partial charge in [-0.3, -0.25) is 9.59 Å². The van der Waals surface area contributed by atoms with Gasteiger partial charge in [-0.05, 0) is 74.3 Å². The largest absolute Gasteiger partial charge is 0.454 e. The predicted molar refractivity (Wildman–Crippen MR) is 149 cm³/mol. The molecule has 1 aromatic carbocycles. The molecule has 6 heteroatoms. The Hall–Kier alpha value is -3.28. The molecule has 0 radical (unpaired) electrons. The van der Waals surface area contributed by atoms with E-state index in [1.807, 2.05) is 34.2 Å². The van der Waals surface area contributed by atoms with Crippen molar-refractivity contribution in [3.05, 3.63) is 83.6 Å². The molecule has 1 saturated carbocycles. The number of benzene rings is 1. The fraction of sp³-hybridized carbons (Fsp3) is 0.500. The molecule has 6 nitrogen and oxygen atoms in total. The minimum absolute atomic E-state index is 0.0154. The Bertz CT molecular complexity index is 1180. The molecule has 0 N–H and O–H groups in total. The summed E-state index contributed by atoms with van der Waals surface area (Å²) in [5.41, 5.74) is 2.47. The van der Waals surface area contributed by atoms with E-state index in [0.29, 0.717) is 30.7 Å². The van der Waals surface area contributed by atoms with Crippen molar-refractivity contribution in [3.63, 3.8) is 0 Å². The van der Waals surface area contributed by atoms with Gasteiger partial charge < -0.3 is 18.8 Å². The Kier molecular flexibility index (Phi) is 8.67. The molecule has 3 aromatic rings. The molecular formula is C32H41N3O3. The van der Waals surface area contributed by atoms with E-state index < -0.39 is 0 Å². The average molecular weight is 516 g/mol. The lowest BCUT2D eigenvalue weighted by Gasteiger charge is -2.31. The highest BCUT2D eigenvalue weighted by Gasteiger charge is 2.28. The predicted octanol–water partition coefficient (Wildman–Crippen LogP) is 6.15. The summed E-state index contributed by atoms with van der Waals surface area (Å²) < 4.78 is 8.17. The van der Waals surface area contributed by atoms with Crippen molar-refractivity contribution in [3.8, 4) is 0 Å². The van der Waals surface area contributed by atoms with Crippen LogP contribution in [-0.2, 0) is 24.3 Å². The van der Waals surface area contributed by atoms with Crippen LogP contribution in [0.15, 0.2) is 65.2 Å². The lowest BCUT2D eigenvalue weighted by Crippen LogP contribution is -2.38. The highest BCUT2D eigenvalue weighted by molar-refractivity contribution is 5.91. The summed E-state index contributed by atoms with van der Waals surface area (Å²) in [5, 5.41) is 0. The van der Waals surface area contributed by atoms with E-state index in [4.69, 9.17) is 4.42 Å². The van der Waals surface area contributed by atoms with Gasteiger partial charge in [-0.2, -0.15) is 0 Å². The molecule has 0 bridgehead atoms. The average Bonchev–Trinajstić information content (AvgIpc) is 3.72. The van der Waals surface area contributed by atoms with Crippen LogP contribution in [0.3, 0.4) is 0 Å². The van der Waals surface area contributed by atoms with Gasteiger partial charge in [0.1, 0.15) is 5.76 Å². The molecule has 2 fully saturated rings. The van der Waals surface area contributed by atoms with Gasteiger partial charge in [-0.25, -0.2) is 0 Å². The topological polar surface area (TPSA) is 58.7 Å². The van der Waals surface area contributed by atoms with Crippen LogP contribution in [-0.4, -0.2) is 45.8 Å². The summed E-state index contributed by atoms with van der Waals surface area (Å²) in [4.78, 5) is 30.2. The van der Waals surface area contributed by atoms with Gasteiger partial charge >= 0.3 is 0 Å². The molecule has 1 aliphatic heterocycles. The second kappa shape index (κ2) is 12.5. The third kappa shape index (κ3) is 6.40. The Morgan fingerprint density at radius 2 is 1.71 bits per heavy atom. The minimum Gasteiger partial charge on any atom is -0.454 e. The van der Waals surface area contributed by atoms with Crippen molar-refractivity contribution in [2.75, 3.05) is 19.6 Å². The quantitative estimate of drug-likeness (QED) is 0.325. The van der Waals surface area contributed by atoms with Crippen molar-refractivity contribution in [1.29, 1.82) is 0 Å². The Morgan fingerprint density at radius 3 is 2.45 bits per heavy atom. The second-order valence-corrected chi connectivity index (χ2v) is 11.1. The molecule has 1 aliphatic carbocycles. The summed E-state index contributed by atoms with van der Waals surface area (Å²) in [5.74, 6) is 2.27. The van der Waals surface area contributed by atoms with Crippen LogP contribution in [0.5, 0.6) is 0 Å². The van der Waals surface area contributed by atoms with Gasteiger partial charge in [0.25, 0.3) is 5.91 Å². The van der Waals surface area contributed by atoms with Crippen molar-refractivity contribution in [1.82, 2.24) is 14.4 Å². The zero-order chi connectivity index (χ0) is 26.3. The van der Waals surface area contributed by atoms with Gasteiger partial charge in [-0.15, -0.1) is 0 Å². The molecule has 0 spiro atoms. The monoisotopic (exact) mass is 515 g/mol. The minimum atomic E-state index is -0.0154. The molecule has 1 saturated heterocycles. The van der Waals surface area contributed by atoms with Crippen LogP contribution >= 0.6 is 0 Å². The van der Waals surface area contributed by atoms with Crippen molar-refractivity contribution < 1.29 is 14.0 Å². The number of hydrogen-bond acceptors (Lipinski definition) is 3. The smallest absolute Gasteiger partial charge is 0.289 e. The van der Waals surface area contributed by atoms with Crippen LogP contribution in [0.1, 0.15) is 79.4 Å². The van der Waals surface area contributed by atoms with E-state index in [2.05, 4.69) is 47.9 Å². The molecular weight excluding hydrogens is 474 g/mol. The Balaban J connectivity index is 1.16. The summed E-state index contributed by atoms with van der Waals surface area (Å²) in [6.07, 6.45) is 10.5. The number of furan rings is 1. The number of hydrogen-bond donors (Lipinski definition) is 0. The third-order valence-corrected chi connectivity index (χ3v) is 8.25. The third-order valence-electron chi connectivity index (χ3n) is 8.25. The van der Waals surface area contributed by atoms with Crippen LogP contribution in [0.25, 0.3) is 0 Å². The summed E-state index contributed by atoms with van der Waals surface area (Å²) in [7, 11) is 0. The number of carbonyl (C=O) groups excluding carboxylic acids is 2. The van der Waals surface area contributed by atoms with Gasteiger partial charge in [-0.1, -0.05) is 50.1 Å². The standard InChI is InChI=1S/C32H41N3O3/c1-2-18-35(31(36)27-11-6-7-12-27)23-28-13-8-19-34(28)24-29-14-15-30(38-29)32(37)33-20-16-26(17-21-33)22-25-9-4-3-5-10-25/h3-5,8-10,13-15,19,26-27H,2,6-7,11-12,16-18,20-24H2,1H3. The van der Waals surface area contributed by atoms with E-state index in [9.17, 15) is 9.59 Å². The fourth-order valence-electron chi connectivity index (χ4n) is 6.10. The molecule has 2 amide bonds. The van der Waals surface area contributed by atoms with Crippen molar-refractivity contribution in [2.24, 2.45) is 11.8 Å². The maximum Gasteiger partial charge on any atom is 0.289 e. The molecule has 2 aromatic heterocycles. The molecule has 2 aliphatic rings. The Labute approximate surface area is 226 Å². The number of carbonyl (C=O) groups is 2. The maximum absolute atomic E-state index is 13.1. The highest BCUT2D eigenvalue weighted by atomic mass is 16.4. The molecule has 0 unspecified atom stereocenters. The highest BCUT2D eigenvalue weighted by Crippen LogP contribution is 2.28. The number of rotatable bonds is 10. The van der Waals surface area contributed by atoms with Crippen LogP contribution in [0, 0.1) is 11.8 Å². The number of nitrogens with zero attached hydrogens (tertiary/aromatic N) is 3. The van der Waals surface area contributed by atoms with Gasteiger partial charge in [0, 0.05) is 37.4 Å².